The highest BCUT2D eigenvalue weighted by Crippen LogP contribution is 2.39. The minimum Gasteiger partial charge on any atom is -0.366 e. The quantitative estimate of drug-likeness (QED) is 0.767. The topological polar surface area (TPSA) is 49.8 Å². The molecular formula is C12H13NO3. The number of ether oxygens (including phenoxy) is 1. The van der Waals surface area contributed by atoms with E-state index in [-0.39, 0.29) is 11.9 Å². The van der Waals surface area contributed by atoms with Gasteiger partial charge in [0.05, 0.1) is 6.04 Å². The molecule has 1 aromatic rings. The molecule has 4 heteroatoms. The Morgan fingerprint density at radius 1 is 1.31 bits per heavy atom. The molecule has 2 aliphatic rings. The molecule has 84 valence electrons. The fraction of sp³-hybridized carbons (Fsp3) is 0.417. The van der Waals surface area contributed by atoms with E-state index in [0.29, 0.717) is 12.8 Å². The van der Waals surface area contributed by atoms with Crippen LogP contribution in [0.1, 0.15) is 24.6 Å². The largest absolute Gasteiger partial charge is 0.366 e. The number of hydrogen-bond acceptors (Lipinski definition) is 3. The first kappa shape index (κ1) is 9.81. The van der Waals surface area contributed by atoms with Crippen molar-refractivity contribution in [3.63, 3.8) is 0 Å². The van der Waals surface area contributed by atoms with E-state index in [0.717, 1.165) is 5.56 Å². The minimum absolute atomic E-state index is 0.0652. The summed E-state index contributed by atoms with van der Waals surface area (Å²) in [5.41, 5.74) is 0.916. The van der Waals surface area contributed by atoms with Crippen molar-refractivity contribution in [3.05, 3.63) is 35.9 Å². The monoisotopic (exact) mass is 219 g/mol. The zero-order valence-electron chi connectivity index (χ0n) is 8.74. The number of aliphatic hydroxyl groups excluding tert-OH is 1. The standard InChI is InChI=1S/C12H13NO3/c14-10-7-6-9-12(15)16-11(13(9)10)8-4-2-1-3-5-8/h1-5,9,11-12,15H,6-7H2. The van der Waals surface area contributed by atoms with E-state index >= 15 is 0 Å². The van der Waals surface area contributed by atoms with E-state index < -0.39 is 12.5 Å². The molecule has 2 heterocycles. The zero-order chi connectivity index (χ0) is 11.1. The molecule has 0 aliphatic carbocycles. The van der Waals surface area contributed by atoms with Gasteiger partial charge in [0.15, 0.2) is 12.5 Å². The molecule has 3 rings (SSSR count). The van der Waals surface area contributed by atoms with Crippen LogP contribution in [0.2, 0.25) is 0 Å². The van der Waals surface area contributed by atoms with Crippen LogP contribution in [0.4, 0.5) is 0 Å². The summed E-state index contributed by atoms with van der Waals surface area (Å²) in [6, 6.07) is 9.37. The summed E-state index contributed by atoms with van der Waals surface area (Å²) < 4.78 is 5.45. The normalized spacial score (nSPS) is 33.2. The zero-order valence-corrected chi connectivity index (χ0v) is 8.74. The van der Waals surface area contributed by atoms with Crippen molar-refractivity contribution >= 4 is 5.91 Å². The molecule has 0 saturated carbocycles. The SMILES string of the molecule is O=C1CCC2C(O)OC(c3ccccc3)N12. The van der Waals surface area contributed by atoms with Gasteiger partial charge in [0.25, 0.3) is 0 Å². The number of fused-ring (bicyclic) bond motifs is 1. The van der Waals surface area contributed by atoms with Crippen LogP contribution in [-0.2, 0) is 9.53 Å². The Balaban J connectivity index is 1.94. The van der Waals surface area contributed by atoms with Crippen molar-refractivity contribution in [3.8, 4) is 0 Å². The highest BCUT2D eigenvalue weighted by molar-refractivity contribution is 5.79. The molecule has 0 aromatic heterocycles. The molecule has 0 spiro atoms. The number of rotatable bonds is 1. The first-order valence-corrected chi connectivity index (χ1v) is 5.47. The Kier molecular flexibility index (Phi) is 2.19. The lowest BCUT2D eigenvalue weighted by Crippen LogP contribution is -2.32. The van der Waals surface area contributed by atoms with E-state index in [1.807, 2.05) is 30.3 Å². The number of amides is 1. The highest BCUT2D eigenvalue weighted by atomic mass is 16.6. The first-order chi connectivity index (χ1) is 7.77. The lowest BCUT2D eigenvalue weighted by atomic mass is 10.2. The smallest absolute Gasteiger partial charge is 0.225 e. The van der Waals surface area contributed by atoms with Crippen LogP contribution in [0, 0.1) is 0 Å². The first-order valence-electron chi connectivity index (χ1n) is 5.47. The molecule has 1 aromatic carbocycles. The molecule has 3 unspecified atom stereocenters. The van der Waals surface area contributed by atoms with Crippen LogP contribution >= 0.6 is 0 Å². The van der Waals surface area contributed by atoms with E-state index in [9.17, 15) is 9.90 Å². The molecule has 16 heavy (non-hydrogen) atoms. The molecule has 4 nitrogen and oxygen atoms in total. The summed E-state index contributed by atoms with van der Waals surface area (Å²) in [7, 11) is 0. The maximum atomic E-state index is 11.7. The molecular weight excluding hydrogens is 206 g/mol. The van der Waals surface area contributed by atoms with Gasteiger partial charge in [0, 0.05) is 12.0 Å². The predicted molar refractivity (Wildman–Crippen MR) is 56.1 cm³/mol. The number of nitrogens with zero attached hydrogens (tertiary/aromatic N) is 1. The summed E-state index contributed by atoms with van der Waals surface area (Å²) in [4.78, 5) is 13.4. The van der Waals surface area contributed by atoms with Gasteiger partial charge in [-0.3, -0.25) is 4.79 Å². The second kappa shape index (κ2) is 3.57. The summed E-state index contributed by atoms with van der Waals surface area (Å²) in [6.07, 6.45) is -0.0783. The second-order valence-electron chi connectivity index (χ2n) is 4.20. The van der Waals surface area contributed by atoms with Gasteiger partial charge in [-0.1, -0.05) is 30.3 Å². The van der Waals surface area contributed by atoms with Gasteiger partial charge in [-0.25, -0.2) is 0 Å². The lowest BCUT2D eigenvalue weighted by molar-refractivity contribution is -0.138. The third-order valence-electron chi connectivity index (χ3n) is 3.23. The summed E-state index contributed by atoms with van der Waals surface area (Å²) in [5, 5.41) is 9.73. The van der Waals surface area contributed by atoms with Crippen molar-refractivity contribution in [2.45, 2.75) is 31.4 Å². The van der Waals surface area contributed by atoms with Crippen LogP contribution in [-0.4, -0.2) is 28.2 Å². The summed E-state index contributed by atoms with van der Waals surface area (Å²) in [6.45, 7) is 0. The van der Waals surface area contributed by atoms with Gasteiger partial charge in [-0.15, -0.1) is 0 Å². The van der Waals surface area contributed by atoms with Crippen LogP contribution < -0.4 is 0 Å². The average molecular weight is 219 g/mol. The lowest BCUT2D eigenvalue weighted by Gasteiger charge is -2.21. The number of carbonyl (C=O) groups is 1. The van der Waals surface area contributed by atoms with Crippen LogP contribution in [0.15, 0.2) is 30.3 Å². The molecule has 0 radical (unpaired) electrons. The van der Waals surface area contributed by atoms with Crippen molar-refractivity contribution < 1.29 is 14.6 Å². The van der Waals surface area contributed by atoms with Crippen molar-refractivity contribution in [1.29, 1.82) is 0 Å². The van der Waals surface area contributed by atoms with E-state index in [1.54, 1.807) is 4.90 Å². The van der Waals surface area contributed by atoms with Gasteiger partial charge in [0.1, 0.15) is 0 Å². The Hall–Kier alpha value is -1.39. The summed E-state index contributed by atoms with van der Waals surface area (Å²) >= 11 is 0. The number of hydrogen-bond donors (Lipinski definition) is 1. The van der Waals surface area contributed by atoms with Crippen LogP contribution in [0.3, 0.4) is 0 Å². The third kappa shape index (κ3) is 1.34. The van der Waals surface area contributed by atoms with E-state index in [2.05, 4.69) is 0 Å². The van der Waals surface area contributed by atoms with Gasteiger partial charge >= 0.3 is 0 Å². The molecule has 3 atom stereocenters. The maximum absolute atomic E-state index is 11.7. The van der Waals surface area contributed by atoms with Crippen LogP contribution in [0.25, 0.3) is 0 Å². The van der Waals surface area contributed by atoms with Crippen molar-refractivity contribution in [1.82, 2.24) is 4.90 Å². The fourth-order valence-corrected chi connectivity index (χ4v) is 2.45. The number of aliphatic hydroxyl groups is 1. The Morgan fingerprint density at radius 2 is 2.06 bits per heavy atom. The number of carbonyl (C=O) groups excluding carboxylic acids is 1. The molecule has 2 fully saturated rings. The van der Waals surface area contributed by atoms with E-state index in [4.69, 9.17) is 4.74 Å². The highest BCUT2D eigenvalue weighted by Gasteiger charge is 2.48. The Morgan fingerprint density at radius 3 is 2.81 bits per heavy atom. The molecule has 1 N–H and O–H groups in total. The van der Waals surface area contributed by atoms with Crippen molar-refractivity contribution in [2.24, 2.45) is 0 Å². The minimum atomic E-state index is -0.850. The third-order valence-corrected chi connectivity index (χ3v) is 3.23. The Labute approximate surface area is 93.4 Å². The molecule has 1 amide bonds. The van der Waals surface area contributed by atoms with Gasteiger partial charge in [-0.2, -0.15) is 0 Å². The van der Waals surface area contributed by atoms with Gasteiger partial charge in [-0.05, 0) is 6.42 Å². The fourth-order valence-electron chi connectivity index (χ4n) is 2.45. The maximum Gasteiger partial charge on any atom is 0.225 e. The summed E-state index contributed by atoms with van der Waals surface area (Å²) in [5.74, 6) is 0.0652. The van der Waals surface area contributed by atoms with Crippen LogP contribution in [0.5, 0.6) is 0 Å². The molecule has 2 aliphatic heterocycles. The Bertz CT molecular complexity index is 406. The van der Waals surface area contributed by atoms with Gasteiger partial charge in [0.2, 0.25) is 5.91 Å². The van der Waals surface area contributed by atoms with Crippen molar-refractivity contribution in [2.75, 3.05) is 0 Å². The molecule has 0 bridgehead atoms. The second-order valence-corrected chi connectivity index (χ2v) is 4.20. The number of benzene rings is 1. The predicted octanol–water partition coefficient (Wildman–Crippen LogP) is 1.02. The average Bonchev–Trinajstić information content (AvgIpc) is 2.83. The molecule has 2 saturated heterocycles. The van der Waals surface area contributed by atoms with Gasteiger partial charge < -0.3 is 14.7 Å². The van der Waals surface area contributed by atoms with E-state index in [1.165, 1.54) is 0 Å².